The quantitative estimate of drug-likeness (QED) is 0.0272. The molecule has 60 heteroatoms. The maximum absolute atomic E-state index is 16.1. The zero-order valence-electron chi connectivity index (χ0n) is 65.3. The van der Waals surface area contributed by atoms with E-state index in [4.69, 9.17) is 28.4 Å². The third kappa shape index (κ3) is 33.9. The van der Waals surface area contributed by atoms with Crippen molar-refractivity contribution in [3.05, 3.63) is 33.4 Å². The largest absolute Gasteiger partial charge is 0.394 e. The fraction of sp³-hybridized carbons (Fsp3) is 0.909. The summed E-state index contributed by atoms with van der Waals surface area (Å²) in [5.74, 6) is -71.8. The van der Waals surface area contributed by atoms with Gasteiger partial charge in [0.2, 0.25) is 0 Å². The minimum atomic E-state index is -6.04. The molecule has 0 aliphatic heterocycles. The second-order valence-corrected chi connectivity index (χ2v) is 27.9. The van der Waals surface area contributed by atoms with E-state index >= 15 is 105 Å². The summed E-state index contributed by atoms with van der Waals surface area (Å²) in [4.78, 5) is 0. The molecule has 0 amide bonds. The second kappa shape index (κ2) is 52.7. The van der Waals surface area contributed by atoms with Gasteiger partial charge in [0.1, 0.15) is 189 Å². The van der Waals surface area contributed by atoms with Gasteiger partial charge in [-0.2, -0.15) is 105 Å². The highest BCUT2D eigenvalue weighted by molar-refractivity contribution is 5.51. The van der Waals surface area contributed by atoms with Gasteiger partial charge in [-0.15, -0.1) is 0 Å². The van der Waals surface area contributed by atoms with Crippen LogP contribution in [0.15, 0.2) is 0 Å². The fourth-order valence-corrected chi connectivity index (χ4v) is 10.4. The number of alkyl halides is 24. The second-order valence-electron chi connectivity index (χ2n) is 27.9. The van der Waals surface area contributed by atoms with Crippen LogP contribution in [0.4, 0.5) is 105 Å². The van der Waals surface area contributed by atoms with E-state index in [0.29, 0.717) is 0 Å². The average molecular weight is 1930 g/mol. The molecule has 12 unspecified atom stereocenters. The third-order valence-electron chi connectivity index (χ3n) is 18.1. The van der Waals surface area contributed by atoms with Crippen molar-refractivity contribution in [3.8, 4) is 0 Å². The Hall–Kier alpha value is -3.90. The third-order valence-corrected chi connectivity index (χ3v) is 18.1. The van der Waals surface area contributed by atoms with Crippen molar-refractivity contribution in [1.82, 2.24) is 0 Å². The first-order valence-electron chi connectivity index (χ1n) is 36.3. The molecule has 0 aliphatic rings. The molecular formula is C66H102F24O36. The topological polar surface area (TPSA) is 596 Å². The van der Waals surface area contributed by atoms with Crippen LogP contribution in [0, 0.1) is 0 Å². The predicted molar refractivity (Wildman–Crippen MR) is 359 cm³/mol. The van der Waals surface area contributed by atoms with Crippen molar-refractivity contribution >= 4 is 0 Å². The summed E-state index contributed by atoms with van der Waals surface area (Å²) in [6, 6.07) is 0. The lowest BCUT2D eigenvalue weighted by atomic mass is 9.87. The van der Waals surface area contributed by atoms with Crippen LogP contribution >= 0.6 is 0 Å². The van der Waals surface area contributed by atoms with E-state index in [2.05, 4.69) is 28.4 Å². The highest BCUT2D eigenvalue weighted by atomic mass is 19.4. The van der Waals surface area contributed by atoms with E-state index < -0.39 is 413 Å². The van der Waals surface area contributed by atoms with Crippen LogP contribution in [0.2, 0.25) is 0 Å². The van der Waals surface area contributed by atoms with E-state index in [1.165, 1.54) is 0 Å². The van der Waals surface area contributed by atoms with Crippen LogP contribution < -0.4 is 0 Å². The van der Waals surface area contributed by atoms with E-state index in [1.54, 1.807) is 0 Å². The summed E-state index contributed by atoms with van der Waals surface area (Å²) >= 11 is 0. The monoisotopic (exact) mass is 1930 g/mol. The molecule has 36 nitrogen and oxygen atoms in total. The summed E-state index contributed by atoms with van der Waals surface area (Å²) in [6.07, 6.45) is -46.8. The Bertz CT molecular complexity index is 2600. The molecule has 1 aromatic rings. The molecule has 1 aromatic carbocycles. The lowest BCUT2D eigenvalue weighted by Crippen LogP contribution is -2.51. The number of benzene rings is 1. The van der Waals surface area contributed by atoms with Crippen molar-refractivity contribution in [2.75, 3.05) is 159 Å². The van der Waals surface area contributed by atoms with Crippen LogP contribution in [-0.4, -0.2) is 462 Å². The maximum atomic E-state index is 16.1. The molecule has 24 N–H and O–H groups in total. The molecule has 0 spiro atoms. The summed E-state index contributed by atoms with van der Waals surface area (Å²) in [6.45, 7) is -69.5. The van der Waals surface area contributed by atoms with Crippen LogP contribution in [0.5, 0.6) is 0 Å². The maximum Gasteiger partial charge on any atom is 0.335 e. The van der Waals surface area contributed by atoms with Crippen LogP contribution in [0.25, 0.3) is 0 Å². The molecule has 126 heavy (non-hydrogen) atoms. The molecule has 12 atom stereocenters. The molecule has 0 bridgehead atoms. The van der Waals surface area contributed by atoms with Gasteiger partial charge in [0, 0.05) is 0 Å². The first kappa shape index (κ1) is 120. The van der Waals surface area contributed by atoms with Gasteiger partial charge in [0.15, 0.2) is 0 Å². The molecule has 750 valence electrons. The predicted octanol–water partition coefficient (Wildman–Crippen LogP) is -5.04. The summed E-state index contributed by atoms with van der Waals surface area (Å²) in [7, 11) is 0. The standard InChI is InChI=1S/C66H102F24O36/c67-55(68,61(79,80)25-121-49(37(103)1-91)38(104)2-92)19-115-13-31-32(14-116-20-56(69,70)62(81,82)26-122-50(39(105)3-93)40(106)4-94)34(16-118-22-58(73,74)64(85,86)28-124-52(43(109)7-97)44(110)8-98)36(18-120-24-60(77,78)66(89,90)30-126-54(47(113)11-101)48(114)12-102)35(17-119-23-59(75,76)65(87,88)29-125-53(45(111)9-99)46(112)10-100)33(31)15-117-21-57(71,72)63(83,84)27-123-51(41(107)5-95)42(108)6-96/h37-54,91-114H,1-30H2. The molecule has 0 aliphatic carbocycles. The van der Waals surface area contributed by atoms with Gasteiger partial charge >= 0.3 is 71.1 Å². The Morgan fingerprint density at radius 1 is 0.151 bits per heavy atom. The summed E-state index contributed by atoms with van der Waals surface area (Å²) < 4.78 is 439. The molecule has 0 fully saturated rings. The van der Waals surface area contributed by atoms with Gasteiger partial charge in [0.25, 0.3) is 0 Å². The Labute approximate surface area is 696 Å². The van der Waals surface area contributed by atoms with Gasteiger partial charge < -0.3 is 179 Å². The number of ether oxygens (including phenoxy) is 12. The van der Waals surface area contributed by atoms with E-state index in [0.717, 1.165) is 0 Å². The number of rotatable bonds is 72. The Morgan fingerprint density at radius 2 is 0.230 bits per heavy atom. The van der Waals surface area contributed by atoms with Crippen LogP contribution in [-0.2, 0) is 96.5 Å². The van der Waals surface area contributed by atoms with Gasteiger partial charge in [0.05, 0.1) is 119 Å². The highest BCUT2D eigenvalue weighted by Crippen LogP contribution is 2.45. The number of hydrogen-bond acceptors (Lipinski definition) is 36. The van der Waals surface area contributed by atoms with Crippen molar-refractivity contribution in [2.45, 2.75) is 221 Å². The molecule has 0 radical (unpaired) electrons. The lowest BCUT2D eigenvalue weighted by Gasteiger charge is -2.33. The highest BCUT2D eigenvalue weighted by Gasteiger charge is 2.63. The Morgan fingerprint density at radius 3 is 0.310 bits per heavy atom. The summed E-state index contributed by atoms with van der Waals surface area (Å²) in [5.41, 5.74) is -11.4. The fourth-order valence-electron chi connectivity index (χ4n) is 10.4. The average Bonchev–Trinajstić information content (AvgIpc) is 0.759. The number of hydrogen-bond donors (Lipinski definition) is 24. The first-order chi connectivity index (χ1) is 58.0. The number of aliphatic hydroxyl groups is 24. The van der Waals surface area contributed by atoms with Gasteiger partial charge in [-0.1, -0.05) is 0 Å². The number of halogens is 24. The SMILES string of the molecule is OCC(O)C(OCC(F)(F)C(F)(F)COCc1c(COCC(F)(F)C(F)(F)COC(C(O)CO)C(O)CO)c(COCC(F)(F)C(F)(F)COC(C(O)CO)C(O)CO)c(COCC(F)(F)C(F)(F)COC(C(O)CO)C(O)CO)c(COCC(F)(F)C(F)(F)COC(C(O)CO)C(O)CO)c1COCC(F)(F)C(F)(F)COC(C(O)CO)C(O)CO)C(O)CO. The Kier molecular flexibility index (Phi) is 50.2. The van der Waals surface area contributed by atoms with E-state index in [-0.39, 0.29) is 0 Å². The molecule has 0 saturated heterocycles. The van der Waals surface area contributed by atoms with Crippen molar-refractivity contribution in [1.29, 1.82) is 0 Å². The molecule has 0 heterocycles. The van der Waals surface area contributed by atoms with Crippen molar-refractivity contribution < 1.29 is 285 Å². The zero-order valence-corrected chi connectivity index (χ0v) is 65.3. The molecular weight excluding hydrogens is 1820 g/mol. The van der Waals surface area contributed by atoms with Crippen LogP contribution in [0.1, 0.15) is 33.4 Å². The minimum absolute atomic E-state index is 1.59. The molecule has 0 aromatic heterocycles. The van der Waals surface area contributed by atoms with Crippen molar-refractivity contribution in [3.63, 3.8) is 0 Å². The normalized spacial score (nSPS) is 18.3. The number of aliphatic hydroxyl groups excluding tert-OH is 24. The van der Waals surface area contributed by atoms with Gasteiger partial charge in [-0.25, -0.2) is 0 Å². The Balaban J connectivity index is 5.41. The van der Waals surface area contributed by atoms with Crippen LogP contribution in [0.3, 0.4) is 0 Å². The lowest BCUT2D eigenvalue weighted by molar-refractivity contribution is -0.267. The summed E-state index contributed by atoms with van der Waals surface area (Å²) in [5, 5.41) is 233. The van der Waals surface area contributed by atoms with E-state index in [9.17, 15) is 123 Å². The first-order valence-corrected chi connectivity index (χ1v) is 36.3. The van der Waals surface area contributed by atoms with Gasteiger partial charge in [-0.3, -0.25) is 0 Å². The molecule has 1 rings (SSSR count). The van der Waals surface area contributed by atoms with Gasteiger partial charge in [-0.05, 0) is 33.4 Å². The zero-order chi connectivity index (χ0) is 97.6. The smallest absolute Gasteiger partial charge is 0.335 e. The van der Waals surface area contributed by atoms with E-state index in [1.807, 2.05) is 0 Å². The minimum Gasteiger partial charge on any atom is -0.394 e. The van der Waals surface area contributed by atoms with Crippen molar-refractivity contribution in [2.24, 2.45) is 0 Å². The molecule has 0 saturated carbocycles.